The molecule has 0 saturated heterocycles. The van der Waals surface area contributed by atoms with Gasteiger partial charge in [-0.25, -0.2) is 4.39 Å². The molecule has 1 rings (SSSR count). The van der Waals surface area contributed by atoms with Gasteiger partial charge in [0.25, 0.3) is 0 Å². The minimum Gasteiger partial charge on any atom is -0.480 e. The van der Waals surface area contributed by atoms with Gasteiger partial charge in [-0.2, -0.15) is 0 Å². The first-order valence-electron chi connectivity index (χ1n) is 4.93. The summed E-state index contributed by atoms with van der Waals surface area (Å²) in [4.78, 5) is 22.9. The zero-order valence-corrected chi connectivity index (χ0v) is 10.3. The maximum atomic E-state index is 13.7. The van der Waals surface area contributed by atoms with Gasteiger partial charge in [-0.15, -0.1) is 0 Å². The van der Waals surface area contributed by atoms with Gasteiger partial charge < -0.3 is 14.7 Å². The third-order valence-electron chi connectivity index (χ3n) is 2.15. The first kappa shape index (κ1) is 14.2. The maximum absolute atomic E-state index is 13.7. The highest BCUT2D eigenvalue weighted by Crippen LogP contribution is 2.25. The normalized spacial score (nSPS) is 9.94. The van der Waals surface area contributed by atoms with E-state index in [2.05, 4.69) is 4.74 Å². The van der Waals surface area contributed by atoms with E-state index in [9.17, 15) is 14.0 Å². The van der Waals surface area contributed by atoms with Gasteiger partial charge in [0.1, 0.15) is 13.1 Å². The summed E-state index contributed by atoms with van der Waals surface area (Å²) < 4.78 is 18.2. The second kappa shape index (κ2) is 6.20. The van der Waals surface area contributed by atoms with E-state index in [1.807, 2.05) is 0 Å². The van der Waals surface area contributed by atoms with Crippen LogP contribution in [-0.2, 0) is 14.3 Å². The minimum absolute atomic E-state index is 0.0599. The van der Waals surface area contributed by atoms with E-state index >= 15 is 0 Å². The average Bonchev–Trinajstić information content (AvgIpc) is 2.31. The average molecular weight is 276 g/mol. The van der Waals surface area contributed by atoms with Gasteiger partial charge in [-0.05, 0) is 12.1 Å². The van der Waals surface area contributed by atoms with Crippen LogP contribution >= 0.6 is 11.6 Å². The van der Waals surface area contributed by atoms with Crippen molar-refractivity contribution in [1.82, 2.24) is 0 Å². The van der Waals surface area contributed by atoms with Crippen LogP contribution in [0.25, 0.3) is 0 Å². The SMILES string of the molecule is COC(=O)CN(CC(=O)O)c1cccc(Cl)c1F. The van der Waals surface area contributed by atoms with Crippen molar-refractivity contribution in [3.63, 3.8) is 0 Å². The van der Waals surface area contributed by atoms with Crippen LogP contribution in [0.5, 0.6) is 0 Å². The third kappa shape index (κ3) is 3.59. The van der Waals surface area contributed by atoms with Gasteiger partial charge in [0.05, 0.1) is 17.8 Å². The summed E-state index contributed by atoms with van der Waals surface area (Å²) in [5, 5.41) is 8.60. The molecule has 0 unspecified atom stereocenters. The fourth-order valence-corrected chi connectivity index (χ4v) is 1.52. The lowest BCUT2D eigenvalue weighted by Crippen LogP contribution is -2.35. The lowest BCUT2D eigenvalue weighted by Gasteiger charge is -2.22. The second-order valence-corrected chi connectivity index (χ2v) is 3.81. The van der Waals surface area contributed by atoms with Gasteiger partial charge in [0.2, 0.25) is 0 Å². The number of hydrogen-bond donors (Lipinski definition) is 1. The summed E-state index contributed by atoms with van der Waals surface area (Å²) in [5.74, 6) is -2.64. The summed E-state index contributed by atoms with van der Waals surface area (Å²) in [5.41, 5.74) is -0.0599. The Morgan fingerprint density at radius 1 is 1.44 bits per heavy atom. The van der Waals surface area contributed by atoms with Crippen molar-refractivity contribution < 1.29 is 23.8 Å². The van der Waals surface area contributed by atoms with Gasteiger partial charge in [-0.3, -0.25) is 9.59 Å². The van der Waals surface area contributed by atoms with Crippen LogP contribution in [-0.4, -0.2) is 37.2 Å². The molecule has 0 bridgehead atoms. The largest absolute Gasteiger partial charge is 0.480 e. The van der Waals surface area contributed by atoms with E-state index in [1.165, 1.54) is 18.2 Å². The van der Waals surface area contributed by atoms with Crippen LogP contribution in [0.15, 0.2) is 18.2 Å². The molecule has 0 aliphatic carbocycles. The van der Waals surface area contributed by atoms with Crippen molar-refractivity contribution in [1.29, 1.82) is 0 Å². The highest BCUT2D eigenvalue weighted by molar-refractivity contribution is 6.31. The number of benzene rings is 1. The molecule has 0 aromatic heterocycles. The number of rotatable bonds is 5. The number of hydrogen-bond acceptors (Lipinski definition) is 4. The molecule has 1 aromatic carbocycles. The van der Waals surface area contributed by atoms with Gasteiger partial charge in [0.15, 0.2) is 5.82 Å². The third-order valence-corrected chi connectivity index (χ3v) is 2.44. The molecule has 1 aromatic rings. The monoisotopic (exact) mass is 275 g/mol. The number of ether oxygens (including phenoxy) is 1. The number of carbonyl (C=O) groups is 2. The van der Waals surface area contributed by atoms with Crippen molar-refractivity contribution in [2.24, 2.45) is 0 Å². The summed E-state index contributed by atoms with van der Waals surface area (Å²) in [6, 6.07) is 4.14. The lowest BCUT2D eigenvalue weighted by atomic mass is 10.2. The Morgan fingerprint density at radius 3 is 2.67 bits per heavy atom. The predicted octanol–water partition coefficient (Wildman–Crippen LogP) is 1.54. The number of carboxylic acids is 1. The number of carbonyl (C=O) groups excluding carboxylic acids is 1. The Hall–Kier alpha value is -1.82. The van der Waals surface area contributed by atoms with Crippen molar-refractivity contribution >= 4 is 29.2 Å². The number of halogens is 2. The Balaban J connectivity index is 3.04. The second-order valence-electron chi connectivity index (χ2n) is 3.40. The Kier molecular flexibility index (Phi) is 4.91. The molecule has 0 atom stereocenters. The molecule has 0 spiro atoms. The summed E-state index contributed by atoms with van der Waals surface area (Å²) >= 11 is 5.60. The molecular weight excluding hydrogens is 265 g/mol. The molecule has 0 heterocycles. The molecule has 0 saturated carbocycles. The van der Waals surface area contributed by atoms with Crippen LogP contribution in [0.1, 0.15) is 0 Å². The lowest BCUT2D eigenvalue weighted by molar-refractivity contribution is -0.139. The Labute approximate surface area is 108 Å². The standard InChI is InChI=1S/C11H11ClFNO4/c1-18-10(17)6-14(5-9(15)16)8-4-2-3-7(12)11(8)13/h2-4H,5-6H2,1H3,(H,15,16). The molecule has 1 N–H and O–H groups in total. The number of nitrogens with zero attached hydrogens (tertiary/aromatic N) is 1. The van der Waals surface area contributed by atoms with E-state index < -0.39 is 24.3 Å². The fraction of sp³-hybridized carbons (Fsp3) is 0.273. The summed E-state index contributed by atoms with van der Waals surface area (Å²) in [6.45, 7) is -0.910. The molecule has 0 aliphatic heterocycles. The van der Waals surface area contributed by atoms with Gasteiger partial charge in [0, 0.05) is 0 Å². The molecule has 18 heavy (non-hydrogen) atoms. The van der Waals surface area contributed by atoms with Gasteiger partial charge >= 0.3 is 11.9 Å². The Morgan fingerprint density at radius 2 is 2.11 bits per heavy atom. The zero-order chi connectivity index (χ0) is 13.7. The predicted molar refractivity (Wildman–Crippen MR) is 63.3 cm³/mol. The molecule has 0 radical (unpaired) electrons. The van der Waals surface area contributed by atoms with E-state index in [0.29, 0.717) is 0 Å². The van der Waals surface area contributed by atoms with Crippen LogP contribution in [0.2, 0.25) is 5.02 Å². The van der Waals surface area contributed by atoms with Crippen molar-refractivity contribution in [3.8, 4) is 0 Å². The molecule has 98 valence electrons. The summed E-state index contributed by atoms with van der Waals surface area (Å²) in [7, 11) is 1.16. The molecule has 5 nitrogen and oxygen atoms in total. The minimum atomic E-state index is -1.20. The molecule has 7 heteroatoms. The van der Waals surface area contributed by atoms with Crippen molar-refractivity contribution in [2.45, 2.75) is 0 Å². The molecule has 0 amide bonds. The van der Waals surface area contributed by atoms with E-state index in [1.54, 1.807) is 0 Å². The van der Waals surface area contributed by atoms with Crippen LogP contribution < -0.4 is 4.90 Å². The first-order valence-corrected chi connectivity index (χ1v) is 5.31. The number of carboxylic acid groups (broad SMARTS) is 1. The molecule has 0 aliphatic rings. The van der Waals surface area contributed by atoms with Crippen LogP contribution in [0, 0.1) is 5.82 Å². The van der Waals surface area contributed by atoms with Crippen molar-refractivity contribution in [2.75, 3.05) is 25.1 Å². The number of esters is 1. The molecule has 0 fully saturated rings. The first-order chi connectivity index (χ1) is 8.45. The smallest absolute Gasteiger partial charge is 0.325 e. The van der Waals surface area contributed by atoms with Crippen LogP contribution in [0.3, 0.4) is 0 Å². The Bertz CT molecular complexity index is 466. The van der Waals surface area contributed by atoms with E-state index in [4.69, 9.17) is 16.7 Å². The highest BCUT2D eigenvalue weighted by Gasteiger charge is 2.19. The number of aliphatic carboxylic acids is 1. The highest BCUT2D eigenvalue weighted by atomic mass is 35.5. The van der Waals surface area contributed by atoms with E-state index in [-0.39, 0.29) is 17.3 Å². The number of anilines is 1. The number of methoxy groups -OCH3 is 1. The fourth-order valence-electron chi connectivity index (χ4n) is 1.35. The van der Waals surface area contributed by atoms with Gasteiger partial charge in [-0.1, -0.05) is 17.7 Å². The van der Waals surface area contributed by atoms with Crippen LogP contribution in [0.4, 0.5) is 10.1 Å². The topological polar surface area (TPSA) is 66.8 Å². The summed E-state index contributed by atoms with van der Waals surface area (Å²) in [6.07, 6.45) is 0. The molecular formula is C11H11ClFNO4. The van der Waals surface area contributed by atoms with E-state index in [0.717, 1.165) is 12.0 Å². The maximum Gasteiger partial charge on any atom is 0.325 e. The zero-order valence-electron chi connectivity index (χ0n) is 9.52. The van der Waals surface area contributed by atoms with Crippen molar-refractivity contribution in [3.05, 3.63) is 29.0 Å². The quantitative estimate of drug-likeness (QED) is 0.826.